The number of H-pyrrole nitrogens is 1. The van der Waals surface area contributed by atoms with E-state index in [2.05, 4.69) is 58.4 Å². The molecule has 1 aromatic carbocycles. The lowest BCUT2D eigenvalue weighted by Crippen LogP contribution is -2.59. The third-order valence-corrected chi connectivity index (χ3v) is 5.72. The zero-order valence-electron chi connectivity index (χ0n) is 17.8. The van der Waals surface area contributed by atoms with Crippen LogP contribution in [0, 0.1) is 5.92 Å². The molecule has 0 bridgehead atoms. The average molecular weight is 408 g/mol. The molecule has 1 unspecified atom stereocenters. The molecule has 0 saturated carbocycles. The van der Waals surface area contributed by atoms with Crippen LogP contribution in [-0.2, 0) is 0 Å². The number of phenols is 1. The number of hydrogen-bond acceptors (Lipinski definition) is 7. The van der Waals surface area contributed by atoms with Crippen LogP contribution in [0.5, 0.6) is 5.75 Å². The van der Waals surface area contributed by atoms with Gasteiger partial charge in [0.2, 0.25) is 0 Å². The first-order valence-corrected chi connectivity index (χ1v) is 10.2. The van der Waals surface area contributed by atoms with Crippen LogP contribution in [0.3, 0.4) is 0 Å². The van der Waals surface area contributed by atoms with Gasteiger partial charge in [-0.3, -0.25) is 5.10 Å². The van der Waals surface area contributed by atoms with Gasteiger partial charge in [-0.15, -0.1) is 5.10 Å². The van der Waals surface area contributed by atoms with Crippen molar-refractivity contribution in [3.05, 3.63) is 42.5 Å². The Balaban J connectivity index is 1.54. The highest BCUT2D eigenvalue weighted by Crippen LogP contribution is 2.38. The van der Waals surface area contributed by atoms with Gasteiger partial charge in [0.1, 0.15) is 5.75 Å². The lowest BCUT2D eigenvalue weighted by Gasteiger charge is -2.47. The second-order valence-corrected chi connectivity index (χ2v) is 9.51. The predicted octanol–water partition coefficient (Wildman–Crippen LogP) is 3.19. The normalized spacial score (nSPS) is 19.5. The Labute approximate surface area is 176 Å². The van der Waals surface area contributed by atoms with Gasteiger partial charge in [0, 0.05) is 22.8 Å². The van der Waals surface area contributed by atoms with Crippen molar-refractivity contribution in [3.63, 3.8) is 0 Å². The summed E-state index contributed by atoms with van der Waals surface area (Å²) >= 11 is 0. The first-order valence-electron chi connectivity index (χ1n) is 10.2. The monoisotopic (exact) mass is 407 g/mol. The first-order chi connectivity index (χ1) is 14.1. The molecule has 3 aromatic rings. The van der Waals surface area contributed by atoms with E-state index in [1.54, 1.807) is 30.7 Å². The third kappa shape index (κ3) is 4.20. The Kier molecular flexibility index (Phi) is 5.07. The van der Waals surface area contributed by atoms with Crippen molar-refractivity contribution < 1.29 is 5.11 Å². The minimum Gasteiger partial charge on any atom is -0.507 e. The van der Waals surface area contributed by atoms with Crippen molar-refractivity contribution in [2.75, 3.05) is 0 Å². The summed E-state index contributed by atoms with van der Waals surface area (Å²) in [6, 6.07) is 5.10. The van der Waals surface area contributed by atoms with Gasteiger partial charge in [-0.2, -0.15) is 10.2 Å². The molecule has 1 aliphatic heterocycles. The molecule has 8 heteroatoms. The molecule has 4 rings (SSSR count). The standard InChI is InChI=1S/C22H29N7O/c1-21(2)8-14(9-22(3,4)29-21)19(23)17-12-24-20(28-27-17)16-6-5-13(7-18(16)30)15-10-25-26-11-15/h5-7,10-12,14,19,29-30H,8-9,23H2,1-4H3,(H,25,26). The lowest BCUT2D eigenvalue weighted by molar-refractivity contribution is 0.112. The van der Waals surface area contributed by atoms with E-state index in [4.69, 9.17) is 5.73 Å². The van der Waals surface area contributed by atoms with E-state index >= 15 is 0 Å². The fraction of sp³-hybridized carbons (Fsp3) is 0.455. The second kappa shape index (κ2) is 7.45. The van der Waals surface area contributed by atoms with Gasteiger partial charge in [-0.05, 0) is 64.2 Å². The molecule has 8 nitrogen and oxygen atoms in total. The average Bonchev–Trinajstić information content (AvgIpc) is 3.20. The fourth-order valence-electron chi connectivity index (χ4n) is 4.77. The number of phenolic OH excluding ortho intramolecular Hbond substituents is 1. The molecule has 0 aliphatic carbocycles. The van der Waals surface area contributed by atoms with Crippen molar-refractivity contribution in [1.82, 2.24) is 30.7 Å². The number of aromatic amines is 1. The summed E-state index contributed by atoms with van der Waals surface area (Å²) in [7, 11) is 0. The first kappa shape index (κ1) is 20.4. The minimum absolute atomic E-state index is 0.00730. The lowest BCUT2D eigenvalue weighted by atomic mass is 9.72. The molecular formula is C22H29N7O. The van der Waals surface area contributed by atoms with Crippen LogP contribution in [-0.4, -0.2) is 41.6 Å². The zero-order valence-corrected chi connectivity index (χ0v) is 17.8. The van der Waals surface area contributed by atoms with E-state index in [0.29, 0.717) is 17.1 Å². The van der Waals surface area contributed by atoms with E-state index in [0.717, 1.165) is 24.0 Å². The van der Waals surface area contributed by atoms with Crippen molar-refractivity contribution >= 4 is 0 Å². The Hall–Kier alpha value is -2.84. The van der Waals surface area contributed by atoms with Gasteiger partial charge in [-0.25, -0.2) is 4.98 Å². The van der Waals surface area contributed by atoms with Gasteiger partial charge in [0.25, 0.3) is 0 Å². The second-order valence-electron chi connectivity index (χ2n) is 9.51. The Morgan fingerprint density at radius 2 is 1.80 bits per heavy atom. The van der Waals surface area contributed by atoms with Gasteiger partial charge < -0.3 is 16.2 Å². The van der Waals surface area contributed by atoms with Crippen molar-refractivity contribution in [2.24, 2.45) is 11.7 Å². The minimum atomic E-state index is -0.239. The van der Waals surface area contributed by atoms with Crippen molar-refractivity contribution in [1.29, 1.82) is 0 Å². The molecule has 0 radical (unpaired) electrons. The summed E-state index contributed by atoms with van der Waals surface area (Å²) < 4.78 is 0. The molecule has 1 saturated heterocycles. The van der Waals surface area contributed by atoms with Crippen LogP contribution in [0.25, 0.3) is 22.5 Å². The van der Waals surface area contributed by atoms with Gasteiger partial charge >= 0.3 is 0 Å². The Bertz CT molecular complexity index is 996. The number of rotatable bonds is 4. The summed E-state index contributed by atoms with van der Waals surface area (Å²) in [5, 5.41) is 29.5. The summed E-state index contributed by atoms with van der Waals surface area (Å²) in [6.07, 6.45) is 7.06. The molecule has 1 aliphatic rings. The Morgan fingerprint density at radius 1 is 1.07 bits per heavy atom. The highest BCUT2D eigenvalue weighted by atomic mass is 16.3. The number of hydrogen-bond donors (Lipinski definition) is 4. The van der Waals surface area contributed by atoms with Crippen LogP contribution in [0.1, 0.15) is 52.3 Å². The highest BCUT2D eigenvalue weighted by molar-refractivity contribution is 5.72. The maximum absolute atomic E-state index is 10.5. The number of nitrogens with two attached hydrogens (primary N) is 1. The quantitative estimate of drug-likeness (QED) is 0.523. The van der Waals surface area contributed by atoms with Gasteiger partial charge in [0.05, 0.1) is 29.7 Å². The van der Waals surface area contributed by atoms with Crippen LogP contribution in [0.15, 0.2) is 36.8 Å². The van der Waals surface area contributed by atoms with Gasteiger partial charge in [0.15, 0.2) is 5.82 Å². The van der Waals surface area contributed by atoms with E-state index in [1.165, 1.54) is 0 Å². The largest absolute Gasteiger partial charge is 0.507 e. The number of aromatic nitrogens is 5. The SMILES string of the molecule is CC1(C)CC(C(N)c2cnc(-c3ccc(-c4cn[nH]c4)cc3O)nn2)CC(C)(C)N1. The number of nitrogens with zero attached hydrogens (tertiary/aromatic N) is 4. The van der Waals surface area contributed by atoms with Gasteiger partial charge in [-0.1, -0.05) is 6.07 Å². The van der Waals surface area contributed by atoms with Crippen LogP contribution in [0.4, 0.5) is 0 Å². The van der Waals surface area contributed by atoms with E-state index in [-0.39, 0.29) is 28.8 Å². The molecule has 1 atom stereocenters. The molecule has 0 spiro atoms. The smallest absolute Gasteiger partial charge is 0.185 e. The van der Waals surface area contributed by atoms with Crippen LogP contribution in [0.2, 0.25) is 0 Å². The summed E-state index contributed by atoms with van der Waals surface area (Å²) in [5.74, 6) is 0.739. The molecule has 0 amide bonds. The zero-order chi connectivity index (χ0) is 21.5. The summed E-state index contributed by atoms with van der Waals surface area (Å²) in [6.45, 7) is 8.82. The topological polar surface area (TPSA) is 126 Å². The highest BCUT2D eigenvalue weighted by Gasteiger charge is 2.40. The van der Waals surface area contributed by atoms with E-state index in [9.17, 15) is 5.11 Å². The number of piperidine rings is 1. The number of benzene rings is 1. The summed E-state index contributed by atoms with van der Waals surface area (Å²) in [4.78, 5) is 4.44. The molecule has 30 heavy (non-hydrogen) atoms. The molecular weight excluding hydrogens is 378 g/mol. The predicted molar refractivity (Wildman–Crippen MR) is 115 cm³/mol. The van der Waals surface area contributed by atoms with Crippen molar-refractivity contribution in [3.8, 4) is 28.3 Å². The summed E-state index contributed by atoms with van der Waals surface area (Å²) in [5.41, 5.74) is 9.54. The molecule has 2 aromatic heterocycles. The molecule has 158 valence electrons. The van der Waals surface area contributed by atoms with E-state index < -0.39 is 0 Å². The van der Waals surface area contributed by atoms with Crippen molar-refractivity contribution in [2.45, 2.75) is 57.7 Å². The maximum atomic E-state index is 10.5. The number of nitrogens with one attached hydrogen (secondary N) is 2. The van der Waals surface area contributed by atoms with Crippen LogP contribution >= 0.6 is 0 Å². The molecule has 1 fully saturated rings. The molecule has 5 N–H and O–H groups in total. The fourth-order valence-corrected chi connectivity index (χ4v) is 4.77. The number of aromatic hydroxyl groups is 1. The van der Waals surface area contributed by atoms with Crippen LogP contribution < -0.4 is 11.1 Å². The van der Waals surface area contributed by atoms with E-state index in [1.807, 2.05) is 6.07 Å². The third-order valence-electron chi connectivity index (χ3n) is 5.72. The Morgan fingerprint density at radius 3 is 2.37 bits per heavy atom. The maximum Gasteiger partial charge on any atom is 0.185 e. The molecule has 3 heterocycles.